The van der Waals surface area contributed by atoms with Crippen LogP contribution in [-0.2, 0) is 23.1 Å². The fourth-order valence-electron chi connectivity index (χ4n) is 1.65. The number of carbonyl (C=O) groups excluding carboxylic acids is 1. The largest absolute Gasteiger partial charge is 0.463 e. The Morgan fingerprint density at radius 2 is 1.55 bits per heavy atom. The maximum absolute atomic E-state index is 12.3. The normalized spacial score (nSPS) is 13.7. The van der Waals surface area contributed by atoms with E-state index in [1.54, 1.807) is 26.8 Å². The second-order valence-corrected chi connectivity index (χ2v) is 6.65. The third kappa shape index (κ3) is 9.72. The number of hydrogen-bond acceptors (Lipinski definition) is 5. The van der Waals surface area contributed by atoms with Gasteiger partial charge >= 0.3 is 13.6 Å². The summed E-state index contributed by atoms with van der Waals surface area (Å²) in [6.07, 6.45) is 6.99. The van der Waals surface area contributed by atoms with Crippen LogP contribution in [0, 0.1) is 0 Å². The summed E-state index contributed by atoms with van der Waals surface area (Å²) in [4.78, 5) is 11.2. The Balaban J connectivity index is 4.73. The molecule has 0 saturated heterocycles. The molecule has 0 aliphatic carbocycles. The van der Waals surface area contributed by atoms with Gasteiger partial charge in [-0.05, 0) is 34.6 Å². The first-order valence-corrected chi connectivity index (χ1v) is 9.17. The van der Waals surface area contributed by atoms with E-state index in [1.807, 2.05) is 26.0 Å². The lowest BCUT2D eigenvalue weighted by molar-refractivity contribution is -0.137. The highest BCUT2D eigenvalue weighted by Gasteiger charge is 2.21. The smallest absolute Gasteiger partial charge is 0.334 e. The Bertz CT molecular complexity index is 467. The van der Waals surface area contributed by atoms with Crippen molar-refractivity contribution in [1.29, 1.82) is 0 Å². The van der Waals surface area contributed by atoms with E-state index in [2.05, 4.69) is 0 Å². The van der Waals surface area contributed by atoms with E-state index in [0.29, 0.717) is 19.8 Å². The number of rotatable bonds is 10. The zero-order chi connectivity index (χ0) is 17.0. The molecule has 0 N–H and O–H groups in total. The topological polar surface area (TPSA) is 61.8 Å². The van der Waals surface area contributed by atoms with E-state index in [1.165, 1.54) is 6.08 Å². The molecular weight excluding hydrogens is 303 g/mol. The molecule has 0 spiro atoms. The third-order valence-electron chi connectivity index (χ3n) is 2.51. The average Bonchev–Trinajstić information content (AvgIpc) is 2.44. The third-order valence-corrected chi connectivity index (χ3v) is 4.45. The summed E-state index contributed by atoms with van der Waals surface area (Å²) in [5, 5.41) is 0. The molecule has 0 saturated carbocycles. The second-order valence-electron chi connectivity index (χ2n) is 4.55. The van der Waals surface area contributed by atoms with Crippen LogP contribution in [-0.4, -0.2) is 32.0 Å². The van der Waals surface area contributed by atoms with E-state index in [0.717, 1.165) is 11.1 Å². The number of esters is 1. The first-order chi connectivity index (χ1) is 10.4. The van der Waals surface area contributed by atoms with Crippen LogP contribution in [0.15, 0.2) is 35.5 Å². The predicted molar refractivity (Wildman–Crippen MR) is 89.0 cm³/mol. The zero-order valence-corrected chi connectivity index (χ0v) is 15.0. The van der Waals surface area contributed by atoms with Gasteiger partial charge in [-0.15, -0.1) is 0 Å². The van der Waals surface area contributed by atoms with Crippen LogP contribution >= 0.6 is 7.60 Å². The number of hydrogen-bond donors (Lipinski definition) is 0. The van der Waals surface area contributed by atoms with Crippen LogP contribution in [0.3, 0.4) is 0 Å². The molecule has 0 aliphatic heterocycles. The summed E-state index contributed by atoms with van der Waals surface area (Å²) in [6.45, 7) is 10.1. The van der Waals surface area contributed by atoms with Gasteiger partial charge in [-0.25, -0.2) is 4.79 Å². The van der Waals surface area contributed by atoms with E-state index in [4.69, 9.17) is 13.8 Å². The minimum Gasteiger partial charge on any atom is -0.463 e. The molecule has 0 aromatic carbocycles. The summed E-state index contributed by atoms with van der Waals surface area (Å²) < 4.78 is 27.6. The highest BCUT2D eigenvalue weighted by molar-refractivity contribution is 7.54. The Hall–Kier alpha value is -1.16. The van der Waals surface area contributed by atoms with Gasteiger partial charge in [0.05, 0.1) is 26.0 Å². The molecule has 5 nitrogen and oxygen atoms in total. The summed E-state index contributed by atoms with van der Waals surface area (Å²) >= 11 is 0. The lowest BCUT2D eigenvalue weighted by Crippen LogP contribution is -1.99. The molecule has 0 atom stereocenters. The van der Waals surface area contributed by atoms with Crippen LogP contribution in [0.5, 0.6) is 0 Å². The molecule has 0 heterocycles. The van der Waals surface area contributed by atoms with Gasteiger partial charge in [-0.1, -0.05) is 29.4 Å². The number of ether oxygens (including phenoxy) is 1. The molecule has 22 heavy (non-hydrogen) atoms. The van der Waals surface area contributed by atoms with Crippen LogP contribution in [0.1, 0.15) is 34.6 Å². The minimum atomic E-state index is -3.05. The summed E-state index contributed by atoms with van der Waals surface area (Å²) in [5.41, 5.74) is 1.81. The molecular formula is C16H27O5P. The van der Waals surface area contributed by atoms with Gasteiger partial charge in [-0.2, -0.15) is 0 Å². The van der Waals surface area contributed by atoms with Crippen molar-refractivity contribution in [2.45, 2.75) is 34.6 Å². The molecule has 0 unspecified atom stereocenters. The van der Waals surface area contributed by atoms with Crippen LogP contribution in [0.4, 0.5) is 0 Å². The van der Waals surface area contributed by atoms with E-state index >= 15 is 0 Å². The minimum absolute atomic E-state index is 0.228. The van der Waals surface area contributed by atoms with Gasteiger partial charge in [0, 0.05) is 6.08 Å². The SMILES string of the molecule is CCOC(=O)/C=C/C(C)=C/C(C)=C/CP(=O)(OCC)OCC. The molecule has 126 valence electrons. The molecule has 0 rings (SSSR count). The van der Waals surface area contributed by atoms with Crippen molar-refractivity contribution in [3.05, 3.63) is 35.5 Å². The molecule has 0 radical (unpaired) electrons. The number of allylic oxidation sites excluding steroid dienone is 5. The van der Waals surface area contributed by atoms with Gasteiger partial charge in [-0.3, -0.25) is 4.57 Å². The molecule has 6 heteroatoms. The Morgan fingerprint density at radius 3 is 2.05 bits per heavy atom. The molecule has 0 aromatic heterocycles. The zero-order valence-electron chi connectivity index (χ0n) is 14.1. The van der Waals surface area contributed by atoms with Crippen LogP contribution in [0.25, 0.3) is 0 Å². The maximum atomic E-state index is 12.3. The highest BCUT2D eigenvalue weighted by Crippen LogP contribution is 2.48. The molecule has 0 aliphatic rings. The lowest BCUT2D eigenvalue weighted by atomic mass is 10.2. The molecule has 0 aromatic rings. The van der Waals surface area contributed by atoms with Crippen LogP contribution < -0.4 is 0 Å². The van der Waals surface area contributed by atoms with Crippen molar-refractivity contribution < 1.29 is 23.1 Å². The Kier molecular flexibility index (Phi) is 10.8. The summed E-state index contributed by atoms with van der Waals surface area (Å²) in [7, 11) is -3.05. The van der Waals surface area contributed by atoms with E-state index in [-0.39, 0.29) is 12.1 Å². The monoisotopic (exact) mass is 330 g/mol. The van der Waals surface area contributed by atoms with Crippen molar-refractivity contribution in [2.24, 2.45) is 0 Å². The second kappa shape index (κ2) is 11.4. The highest BCUT2D eigenvalue weighted by atomic mass is 31.2. The van der Waals surface area contributed by atoms with Crippen molar-refractivity contribution in [3.8, 4) is 0 Å². The van der Waals surface area contributed by atoms with Gasteiger partial charge in [0.25, 0.3) is 0 Å². The lowest BCUT2D eigenvalue weighted by Gasteiger charge is -2.15. The summed E-state index contributed by atoms with van der Waals surface area (Å²) in [5.74, 6) is -0.367. The van der Waals surface area contributed by atoms with Crippen molar-refractivity contribution in [3.63, 3.8) is 0 Å². The van der Waals surface area contributed by atoms with E-state index < -0.39 is 7.60 Å². The standard InChI is InChI=1S/C16H27O5P/c1-6-19-16(17)10-9-14(4)13-15(5)11-12-22(18,20-7-2)21-8-3/h9-11,13H,6-8,12H2,1-5H3/b10-9+,14-13+,15-11+. The Labute approximate surface area is 133 Å². The van der Waals surface area contributed by atoms with Crippen LogP contribution in [0.2, 0.25) is 0 Å². The molecule has 0 fully saturated rings. The summed E-state index contributed by atoms with van der Waals surface area (Å²) in [6, 6.07) is 0. The fourth-order valence-corrected chi connectivity index (χ4v) is 3.23. The fraction of sp³-hybridized carbons (Fsp3) is 0.562. The van der Waals surface area contributed by atoms with Crippen molar-refractivity contribution in [1.82, 2.24) is 0 Å². The average molecular weight is 330 g/mol. The molecule has 0 amide bonds. The quantitative estimate of drug-likeness (QED) is 0.259. The predicted octanol–water partition coefficient (Wildman–Crippen LogP) is 4.26. The molecule has 0 bridgehead atoms. The first kappa shape index (κ1) is 20.8. The van der Waals surface area contributed by atoms with Crippen molar-refractivity contribution >= 4 is 13.6 Å². The van der Waals surface area contributed by atoms with E-state index in [9.17, 15) is 9.36 Å². The van der Waals surface area contributed by atoms with Gasteiger partial charge in [0.2, 0.25) is 0 Å². The number of carbonyl (C=O) groups is 1. The van der Waals surface area contributed by atoms with Gasteiger partial charge in [0.15, 0.2) is 0 Å². The van der Waals surface area contributed by atoms with Gasteiger partial charge in [0.1, 0.15) is 0 Å². The first-order valence-electron chi connectivity index (χ1n) is 7.44. The van der Waals surface area contributed by atoms with Gasteiger partial charge < -0.3 is 13.8 Å². The van der Waals surface area contributed by atoms with Crippen molar-refractivity contribution in [2.75, 3.05) is 26.0 Å². The maximum Gasteiger partial charge on any atom is 0.334 e. The Morgan fingerprint density at radius 1 is 0.955 bits per heavy atom.